The summed E-state index contributed by atoms with van der Waals surface area (Å²) in [6, 6.07) is 0. The minimum absolute atomic E-state index is 0.545. The van der Waals surface area contributed by atoms with E-state index in [2.05, 4.69) is 26.8 Å². The molecule has 0 heterocycles. The fraction of sp³-hybridized carbons (Fsp3) is 0.857. The summed E-state index contributed by atoms with van der Waals surface area (Å²) in [6.07, 6.45) is 5.48. The van der Waals surface area contributed by atoms with Crippen LogP contribution in [0.2, 0.25) is 0 Å². The van der Waals surface area contributed by atoms with E-state index in [1.165, 1.54) is 5.57 Å². The van der Waals surface area contributed by atoms with Gasteiger partial charge in [0.25, 0.3) is 0 Å². The lowest BCUT2D eigenvalue weighted by atomic mass is 10.0. The maximum atomic E-state index is 12.5. The molecule has 0 fully saturated rings. The molecule has 0 aromatic rings. The molecular formula is C14H31N2O2P. The van der Waals surface area contributed by atoms with Crippen molar-refractivity contribution in [2.75, 3.05) is 34.8 Å². The molecule has 0 amide bonds. The summed E-state index contributed by atoms with van der Waals surface area (Å²) >= 11 is 0. The van der Waals surface area contributed by atoms with Gasteiger partial charge in [-0.1, -0.05) is 18.6 Å². The van der Waals surface area contributed by atoms with Gasteiger partial charge in [-0.25, -0.2) is 9.34 Å². The lowest BCUT2D eigenvalue weighted by Gasteiger charge is -2.29. The maximum Gasteiger partial charge on any atom is 0.345 e. The average molecular weight is 290 g/mol. The standard InChI is InChI=1S/C14H31N2O2P/c1-13(2)9-8-10-14(3)11-12-18-19(17,15(4)5)16(6)7/h9,14H,8,10-12H2,1-7H3/t14-/m1/s1. The smallest absolute Gasteiger partial charge is 0.306 e. The zero-order valence-corrected chi connectivity index (χ0v) is 14.5. The molecule has 4 nitrogen and oxygen atoms in total. The highest BCUT2D eigenvalue weighted by Gasteiger charge is 2.29. The second-order valence-electron chi connectivity index (χ2n) is 5.77. The van der Waals surface area contributed by atoms with Crippen LogP contribution in [-0.2, 0) is 9.09 Å². The number of rotatable bonds is 9. The van der Waals surface area contributed by atoms with Gasteiger partial charge < -0.3 is 4.52 Å². The van der Waals surface area contributed by atoms with Gasteiger partial charge in [0.2, 0.25) is 0 Å². The van der Waals surface area contributed by atoms with Crippen molar-refractivity contribution >= 4 is 7.67 Å². The molecule has 0 radical (unpaired) electrons. The van der Waals surface area contributed by atoms with E-state index in [1.54, 1.807) is 37.5 Å². The van der Waals surface area contributed by atoms with Gasteiger partial charge >= 0.3 is 7.67 Å². The quantitative estimate of drug-likeness (QED) is 0.474. The first-order valence-corrected chi connectivity index (χ1v) is 8.46. The summed E-state index contributed by atoms with van der Waals surface area (Å²) in [5.41, 5.74) is 1.37. The molecule has 1 atom stereocenters. The predicted molar refractivity (Wildman–Crippen MR) is 83.4 cm³/mol. The van der Waals surface area contributed by atoms with E-state index in [0.717, 1.165) is 19.3 Å². The van der Waals surface area contributed by atoms with E-state index in [-0.39, 0.29) is 0 Å². The Morgan fingerprint density at radius 1 is 1.16 bits per heavy atom. The molecule has 0 aromatic carbocycles. The van der Waals surface area contributed by atoms with E-state index in [0.29, 0.717) is 12.5 Å². The molecule has 0 aliphatic rings. The van der Waals surface area contributed by atoms with E-state index in [9.17, 15) is 4.57 Å². The predicted octanol–water partition coefficient (Wildman–Crippen LogP) is 4.01. The molecule has 0 unspecified atom stereocenters. The molecule has 0 bridgehead atoms. The summed E-state index contributed by atoms with van der Waals surface area (Å²) in [6.45, 7) is 7.01. The second kappa shape index (κ2) is 8.91. The molecule has 0 saturated carbocycles. The number of allylic oxidation sites excluding steroid dienone is 2. The van der Waals surface area contributed by atoms with Crippen molar-refractivity contribution in [3.63, 3.8) is 0 Å². The minimum atomic E-state index is -2.81. The highest BCUT2D eigenvalue weighted by atomic mass is 31.2. The Balaban J connectivity index is 4.07. The third-order valence-electron chi connectivity index (χ3n) is 3.09. The Labute approximate surface area is 119 Å². The van der Waals surface area contributed by atoms with Crippen LogP contribution in [0.4, 0.5) is 0 Å². The van der Waals surface area contributed by atoms with Gasteiger partial charge in [0, 0.05) is 0 Å². The van der Waals surface area contributed by atoms with Crippen molar-refractivity contribution in [3.05, 3.63) is 11.6 Å². The largest absolute Gasteiger partial charge is 0.345 e. The van der Waals surface area contributed by atoms with Crippen LogP contribution in [0.3, 0.4) is 0 Å². The zero-order chi connectivity index (χ0) is 15.1. The second-order valence-corrected chi connectivity index (χ2v) is 8.61. The molecule has 0 aliphatic heterocycles. The third kappa shape index (κ3) is 7.26. The average Bonchev–Trinajstić information content (AvgIpc) is 2.27. The van der Waals surface area contributed by atoms with Crippen LogP contribution in [-0.4, -0.2) is 44.1 Å². The van der Waals surface area contributed by atoms with Crippen LogP contribution in [0.15, 0.2) is 11.6 Å². The number of nitrogens with zero attached hydrogens (tertiary/aromatic N) is 2. The van der Waals surface area contributed by atoms with Crippen molar-refractivity contribution in [2.24, 2.45) is 5.92 Å². The van der Waals surface area contributed by atoms with Gasteiger partial charge in [0.15, 0.2) is 0 Å². The SMILES string of the molecule is CC(C)=CCC[C@@H](C)CCOP(=O)(N(C)C)N(C)C. The molecule has 5 heteroatoms. The van der Waals surface area contributed by atoms with E-state index in [1.807, 2.05) is 0 Å². The normalized spacial score (nSPS) is 13.9. The van der Waals surface area contributed by atoms with Crippen molar-refractivity contribution in [3.8, 4) is 0 Å². The van der Waals surface area contributed by atoms with Crippen LogP contribution in [0, 0.1) is 5.92 Å². The highest BCUT2D eigenvalue weighted by Crippen LogP contribution is 2.50. The summed E-state index contributed by atoms with van der Waals surface area (Å²) in [5, 5.41) is 0. The first kappa shape index (κ1) is 18.9. The Bertz CT molecular complexity index is 311. The van der Waals surface area contributed by atoms with Crippen LogP contribution < -0.4 is 0 Å². The van der Waals surface area contributed by atoms with E-state index >= 15 is 0 Å². The van der Waals surface area contributed by atoms with Crippen LogP contribution >= 0.6 is 7.67 Å². The van der Waals surface area contributed by atoms with Crippen LogP contribution in [0.1, 0.15) is 40.0 Å². The molecule has 0 N–H and O–H groups in total. The van der Waals surface area contributed by atoms with Crippen molar-refractivity contribution in [1.29, 1.82) is 0 Å². The lowest BCUT2D eigenvalue weighted by molar-refractivity contribution is 0.227. The fourth-order valence-corrected chi connectivity index (χ4v) is 3.28. The topological polar surface area (TPSA) is 32.8 Å². The van der Waals surface area contributed by atoms with E-state index in [4.69, 9.17) is 4.52 Å². The van der Waals surface area contributed by atoms with Crippen LogP contribution in [0.25, 0.3) is 0 Å². The highest BCUT2D eigenvalue weighted by molar-refractivity contribution is 7.53. The first-order valence-electron chi connectivity index (χ1n) is 6.93. The molecule has 114 valence electrons. The Morgan fingerprint density at radius 3 is 2.11 bits per heavy atom. The van der Waals surface area contributed by atoms with Gasteiger partial charge in [0.1, 0.15) is 0 Å². The van der Waals surface area contributed by atoms with Gasteiger partial charge in [-0.05, 0) is 67.2 Å². The molecule has 0 spiro atoms. The first-order chi connectivity index (χ1) is 8.70. The molecule has 19 heavy (non-hydrogen) atoms. The van der Waals surface area contributed by atoms with E-state index < -0.39 is 7.67 Å². The number of hydrogen-bond acceptors (Lipinski definition) is 2. The molecule has 0 saturated heterocycles. The molecular weight excluding hydrogens is 259 g/mol. The fourth-order valence-electron chi connectivity index (χ4n) is 1.76. The Kier molecular flexibility index (Phi) is 8.84. The van der Waals surface area contributed by atoms with Crippen LogP contribution in [0.5, 0.6) is 0 Å². The summed E-state index contributed by atoms with van der Waals surface area (Å²) in [4.78, 5) is 0. The monoisotopic (exact) mass is 290 g/mol. The molecule has 0 rings (SSSR count). The van der Waals surface area contributed by atoms with Gasteiger partial charge in [0.05, 0.1) is 6.61 Å². The summed E-state index contributed by atoms with van der Waals surface area (Å²) in [7, 11) is 4.36. The number of hydrogen-bond donors (Lipinski definition) is 0. The molecule has 0 aliphatic carbocycles. The maximum absolute atomic E-state index is 12.5. The third-order valence-corrected chi connectivity index (χ3v) is 5.63. The van der Waals surface area contributed by atoms with Crippen molar-refractivity contribution in [2.45, 2.75) is 40.0 Å². The summed E-state index contributed by atoms with van der Waals surface area (Å²) < 4.78 is 21.5. The van der Waals surface area contributed by atoms with Gasteiger partial charge in [-0.3, -0.25) is 4.57 Å². The zero-order valence-electron chi connectivity index (χ0n) is 13.6. The lowest BCUT2D eigenvalue weighted by Crippen LogP contribution is -2.23. The van der Waals surface area contributed by atoms with Gasteiger partial charge in [-0.15, -0.1) is 0 Å². The van der Waals surface area contributed by atoms with Crippen molar-refractivity contribution < 1.29 is 9.09 Å². The van der Waals surface area contributed by atoms with Gasteiger partial charge in [-0.2, -0.15) is 0 Å². The van der Waals surface area contributed by atoms with Crippen molar-refractivity contribution in [1.82, 2.24) is 9.34 Å². The summed E-state index contributed by atoms with van der Waals surface area (Å²) in [5.74, 6) is 0.591. The Morgan fingerprint density at radius 2 is 1.68 bits per heavy atom. The minimum Gasteiger partial charge on any atom is -0.306 e. The molecule has 0 aromatic heterocycles. The Hall–Kier alpha value is -0.150.